The fourth-order valence-corrected chi connectivity index (χ4v) is 4.27. The first-order valence-electron chi connectivity index (χ1n) is 12.0. The molecular formula is C30H30BFN2O4Y2+. The summed E-state index contributed by atoms with van der Waals surface area (Å²) in [6, 6.07) is 11.0. The average molecular weight is 690 g/mol. The van der Waals surface area contributed by atoms with Crippen LogP contribution in [0.2, 0.25) is 6.82 Å². The van der Waals surface area contributed by atoms with E-state index in [2.05, 4.69) is 28.7 Å². The van der Waals surface area contributed by atoms with Crippen LogP contribution in [0.25, 0.3) is 5.57 Å². The Kier molecular flexibility index (Phi) is 14.0. The summed E-state index contributed by atoms with van der Waals surface area (Å²) in [5.41, 5.74) is 10.1. The first-order valence-corrected chi connectivity index (χ1v) is 12.0. The summed E-state index contributed by atoms with van der Waals surface area (Å²) >= 11 is 0. The number of aromatic hydroxyl groups is 2. The average Bonchev–Trinajstić information content (AvgIpc) is 3.27. The third-order valence-electron chi connectivity index (χ3n) is 6.40. The van der Waals surface area contributed by atoms with Crippen LogP contribution in [0.1, 0.15) is 64.8 Å². The number of halogens is 1. The minimum Gasteiger partial charge on any atom is -0.508 e. The van der Waals surface area contributed by atoms with Crippen molar-refractivity contribution < 1.29 is 94.8 Å². The Morgan fingerprint density at radius 1 is 0.900 bits per heavy atom. The maximum atomic E-state index is 11.1. The molecule has 3 aromatic rings. The topological polar surface area (TPSA) is 108 Å². The predicted octanol–water partition coefficient (Wildman–Crippen LogP) is 4.41. The number of allylic oxidation sites excluding steroid dienone is 2. The number of hydrogen-bond acceptors (Lipinski definition) is 3. The number of aromatic amines is 1. The van der Waals surface area contributed by atoms with Crippen LogP contribution in [0.3, 0.4) is 0 Å². The molecule has 0 amide bonds. The zero-order valence-electron chi connectivity index (χ0n) is 23.4. The molecular weight excluding hydrogens is 660 g/mol. The molecule has 5 N–H and O–H groups in total. The molecule has 1 aliphatic rings. The number of hydrogen-bond donors (Lipinski definition) is 5. The summed E-state index contributed by atoms with van der Waals surface area (Å²) in [5.74, 6) is 5.32. The van der Waals surface area contributed by atoms with E-state index in [1.165, 1.54) is 25.0 Å². The number of phenols is 2. The van der Waals surface area contributed by atoms with Gasteiger partial charge in [0.2, 0.25) is 5.70 Å². The molecule has 4 rings (SSSR count). The van der Waals surface area contributed by atoms with Gasteiger partial charge in [0.05, 0.1) is 16.8 Å². The molecule has 0 aliphatic carbocycles. The molecule has 2 heterocycles. The van der Waals surface area contributed by atoms with E-state index in [0.29, 0.717) is 18.7 Å². The molecule has 3 radical (unpaired) electrons. The summed E-state index contributed by atoms with van der Waals surface area (Å²) in [5, 5.41) is 29.5. The number of nitrogens with one attached hydrogen (secondary N) is 2. The molecule has 6 nitrogen and oxygen atoms in total. The predicted molar refractivity (Wildman–Crippen MR) is 148 cm³/mol. The molecule has 199 valence electrons. The largest absolute Gasteiger partial charge is 0.508 e. The number of carboxylic acids is 1. The molecule has 40 heavy (non-hydrogen) atoms. The number of benzene rings is 2. The molecule has 0 fully saturated rings. The van der Waals surface area contributed by atoms with Crippen molar-refractivity contribution in [1.29, 1.82) is 0 Å². The molecule has 1 aliphatic heterocycles. The maximum Gasteiger partial charge on any atom is 0.351 e. The van der Waals surface area contributed by atoms with Gasteiger partial charge >= 0.3 is 13.5 Å². The standard InChI is InChI=1S/C29H26N2O4.CH3BF.2Y/c1-15-16(2)27(30-18(15)4)26(22-12-23(32)14-24(33)13-22)28-17(3)25(19(5)31-28)11-8-20-6-9-21(10-7-20)29(34)35;1-2-3;;/h6-7,9-10,12-14,31-33H,1-5H3,(H,34,35);1H3;;/p+1/b27-26-;;;. The first-order chi connectivity index (χ1) is 18.0. The van der Waals surface area contributed by atoms with E-state index < -0.39 is 5.97 Å². The monoisotopic (exact) mass is 690 g/mol. The molecule has 2 aromatic carbocycles. The number of aromatic carboxylic acids is 1. The van der Waals surface area contributed by atoms with Crippen molar-refractivity contribution in [2.24, 2.45) is 0 Å². The van der Waals surface area contributed by atoms with Gasteiger partial charge in [-0.25, -0.2) is 9.79 Å². The minimum atomic E-state index is -0.974. The van der Waals surface area contributed by atoms with E-state index in [-0.39, 0.29) is 82.5 Å². The van der Waals surface area contributed by atoms with Gasteiger partial charge in [0.25, 0.3) is 0 Å². The molecule has 0 saturated carbocycles. The molecule has 0 saturated heterocycles. The molecule has 0 spiro atoms. The summed E-state index contributed by atoms with van der Waals surface area (Å²) < 4.78 is 10.2. The molecule has 10 heteroatoms. The van der Waals surface area contributed by atoms with Crippen LogP contribution in [0.4, 0.5) is 4.32 Å². The maximum absolute atomic E-state index is 11.1. The quantitative estimate of drug-likeness (QED) is 0.208. The van der Waals surface area contributed by atoms with Gasteiger partial charge in [-0.05, 0) is 75.2 Å². The van der Waals surface area contributed by atoms with Crippen molar-refractivity contribution in [1.82, 2.24) is 4.98 Å². The van der Waals surface area contributed by atoms with Crippen LogP contribution in [0, 0.1) is 25.7 Å². The van der Waals surface area contributed by atoms with Crippen molar-refractivity contribution in [3.63, 3.8) is 0 Å². The third-order valence-corrected chi connectivity index (χ3v) is 6.40. The van der Waals surface area contributed by atoms with Crippen LogP contribution in [-0.2, 0) is 65.4 Å². The second kappa shape index (κ2) is 15.6. The van der Waals surface area contributed by atoms with E-state index in [4.69, 9.17) is 5.11 Å². The van der Waals surface area contributed by atoms with Crippen LogP contribution >= 0.6 is 0 Å². The third kappa shape index (κ3) is 8.13. The van der Waals surface area contributed by atoms with E-state index in [1.54, 1.807) is 24.3 Å². The fraction of sp³-hybridized carbons (Fsp3) is 0.200. The van der Waals surface area contributed by atoms with E-state index >= 15 is 0 Å². The minimum absolute atomic E-state index is 0. The van der Waals surface area contributed by atoms with Gasteiger partial charge in [-0.3, -0.25) is 0 Å². The van der Waals surface area contributed by atoms with Crippen LogP contribution < -0.4 is 4.99 Å². The first kappa shape index (κ1) is 35.7. The smallest absolute Gasteiger partial charge is 0.351 e. The molecule has 1 aromatic heterocycles. The van der Waals surface area contributed by atoms with Gasteiger partial charge in [0.15, 0.2) is 5.71 Å². The van der Waals surface area contributed by atoms with Crippen LogP contribution in [0.15, 0.2) is 59.3 Å². The Labute approximate surface area is 285 Å². The zero-order chi connectivity index (χ0) is 28.1. The number of phenolic OH excluding ortho intramolecular Hbond substituents is 2. The van der Waals surface area contributed by atoms with Crippen molar-refractivity contribution in [3.8, 4) is 23.3 Å². The van der Waals surface area contributed by atoms with E-state index in [9.17, 15) is 19.3 Å². The van der Waals surface area contributed by atoms with Gasteiger partial charge in [0, 0.05) is 106 Å². The van der Waals surface area contributed by atoms with Crippen molar-refractivity contribution in [2.75, 3.05) is 0 Å². The number of carbonyl (C=O) groups is 1. The van der Waals surface area contributed by atoms with E-state index in [1.807, 2.05) is 27.7 Å². The summed E-state index contributed by atoms with van der Waals surface area (Å²) in [6.07, 6.45) is 0. The van der Waals surface area contributed by atoms with Crippen LogP contribution in [0.5, 0.6) is 11.5 Å². The van der Waals surface area contributed by atoms with Crippen molar-refractivity contribution in [3.05, 3.63) is 98.5 Å². The number of H-pyrrole nitrogens is 1. The number of aryl methyl sites for hydroxylation is 1. The van der Waals surface area contributed by atoms with Gasteiger partial charge in [0.1, 0.15) is 11.5 Å². The van der Waals surface area contributed by atoms with Crippen LogP contribution in [-0.4, -0.2) is 39.5 Å². The second-order valence-electron chi connectivity index (χ2n) is 8.96. The van der Waals surface area contributed by atoms with Gasteiger partial charge < -0.3 is 24.6 Å². The normalized spacial score (nSPS) is 13.0. The van der Waals surface area contributed by atoms with Gasteiger partial charge in [-0.1, -0.05) is 18.7 Å². The SMILES string of the molecule is CC1=[NH+]/C(=C(/c2cc(O)cc(O)c2)c2[nH]c(C)c(C#Cc3ccc(C(=O)O)cc3)c2C)C(C)=C1C.C[B]F.[Y].[Y]. The Balaban J connectivity index is 0.00000153. The molecule has 0 atom stereocenters. The summed E-state index contributed by atoms with van der Waals surface area (Å²) in [6.45, 7) is 11.4. The van der Waals surface area contributed by atoms with Gasteiger partial charge in [-0.2, -0.15) is 0 Å². The number of rotatable bonds is 3. The Morgan fingerprint density at radius 3 is 1.93 bits per heavy atom. The number of carboxylic acid groups (broad SMARTS) is 1. The Morgan fingerprint density at radius 2 is 1.45 bits per heavy atom. The van der Waals surface area contributed by atoms with Gasteiger partial charge in [-0.15, -0.1) is 0 Å². The molecule has 0 bridgehead atoms. The summed E-state index contributed by atoms with van der Waals surface area (Å²) in [4.78, 5) is 18.0. The van der Waals surface area contributed by atoms with E-state index in [0.717, 1.165) is 50.6 Å². The number of aromatic nitrogens is 1. The van der Waals surface area contributed by atoms with Crippen molar-refractivity contribution in [2.45, 2.75) is 41.4 Å². The van der Waals surface area contributed by atoms with Crippen molar-refractivity contribution >= 4 is 24.8 Å². The zero-order valence-corrected chi connectivity index (χ0v) is 29.1. The summed E-state index contributed by atoms with van der Waals surface area (Å²) in [7, 11) is 0.500. The second-order valence-corrected chi connectivity index (χ2v) is 8.96. The Bertz CT molecular complexity index is 1540. The molecule has 0 unspecified atom stereocenters. The Hall–Kier alpha value is -2.30. The fourth-order valence-electron chi connectivity index (χ4n) is 4.27.